The van der Waals surface area contributed by atoms with Gasteiger partial charge in [0, 0.05) is 23.6 Å². The van der Waals surface area contributed by atoms with Gasteiger partial charge >= 0.3 is 0 Å². The van der Waals surface area contributed by atoms with E-state index in [4.69, 9.17) is 0 Å². The Bertz CT molecular complexity index is 376. The maximum absolute atomic E-state index is 3.55. The molecule has 1 aromatic rings. The number of rotatable bonds is 4. The predicted octanol–water partition coefficient (Wildman–Crippen LogP) is 4.63. The third-order valence-corrected chi connectivity index (χ3v) is 4.95. The summed E-state index contributed by atoms with van der Waals surface area (Å²) in [7, 11) is 0. The van der Waals surface area contributed by atoms with Crippen molar-refractivity contribution in [3.8, 4) is 0 Å². The first-order valence-electron chi connectivity index (χ1n) is 6.60. The molecule has 0 bridgehead atoms. The Labute approximate surface area is 113 Å². The van der Waals surface area contributed by atoms with Gasteiger partial charge in [-0.1, -0.05) is 41.9 Å². The van der Waals surface area contributed by atoms with E-state index in [1.165, 1.54) is 36.0 Å². The van der Waals surface area contributed by atoms with Crippen molar-refractivity contribution in [3.05, 3.63) is 34.3 Å². The van der Waals surface area contributed by atoms with E-state index in [0.29, 0.717) is 11.5 Å². The van der Waals surface area contributed by atoms with E-state index in [-0.39, 0.29) is 0 Å². The number of hydrogen-bond donors (Lipinski definition) is 0. The second-order valence-electron chi connectivity index (χ2n) is 5.34. The highest BCUT2D eigenvalue weighted by atomic mass is 79.9. The summed E-state index contributed by atoms with van der Waals surface area (Å²) in [5, 5.41) is 0. The van der Waals surface area contributed by atoms with E-state index in [1.807, 2.05) is 0 Å². The lowest BCUT2D eigenvalue weighted by Gasteiger charge is -2.52. The fourth-order valence-electron chi connectivity index (χ4n) is 2.76. The van der Waals surface area contributed by atoms with Crippen LogP contribution in [0.1, 0.15) is 45.2 Å². The number of nitrogens with zero attached hydrogens (tertiary/aromatic N) is 1. The molecule has 1 aromatic carbocycles. The van der Waals surface area contributed by atoms with Crippen molar-refractivity contribution in [1.82, 2.24) is 4.90 Å². The molecule has 2 rings (SSSR count). The highest BCUT2D eigenvalue weighted by molar-refractivity contribution is 9.10. The first kappa shape index (κ1) is 13.1. The number of likely N-dealkylation sites (tertiary alicyclic amines) is 1. The van der Waals surface area contributed by atoms with Crippen LogP contribution in [0, 0.1) is 5.41 Å². The molecule has 1 heterocycles. The maximum Gasteiger partial charge on any atom is 0.0320 e. The van der Waals surface area contributed by atoms with E-state index in [1.54, 1.807) is 0 Å². The van der Waals surface area contributed by atoms with E-state index in [9.17, 15) is 0 Å². The van der Waals surface area contributed by atoms with E-state index in [0.717, 1.165) is 0 Å². The molecule has 0 saturated carbocycles. The summed E-state index contributed by atoms with van der Waals surface area (Å²) in [6, 6.07) is 9.23. The smallest absolute Gasteiger partial charge is 0.0320 e. The van der Waals surface area contributed by atoms with Crippen LogP contribution in [-0.2, 0) is 0 Å². The molecule has 1 saturated heterocycles. The van der Waals surface area contributed by atoms with Crippen molar-refractivity contribution >= 4 is 15.9 Å². The highest BCUT2D eigenvalue weighted by Crippen LogP contribution is 2.41. The Kier molecular flexibility index (Phi) is 3.94. The lowest BCUT2D eigenvalue weighted by molar-refractivity contribution is -0.0331. The quantitative estimate of drug-likeness (QED) is 0.783. The van der Waals surface area contributed by atoms with Crippen LogP contribution in [-0.4, -0.2) is 18.0 Å². The molecule has 94 valence electrons. The van der Waals surface area contributed by atoms with E-state index in [2.05, 4.69) is 65.9 Å². The van der Waals surface area contributed by atoms with Gasteiger partial charge in [0.2, 0.25) is 0 Å². The van der Waals surface area contributed by atoms with Gasteiger partial charge in [-0.2, -0.15) is 0 Å². The molecule has 2 heteroatoms. The van der Waals surface area contributed by atoms with Crippen molar-refractivity contribution in [2.24, 2.45) is 5.41 Å². The lowest BCUT2D eigenvalue weighted by atomic mass is 9.74. The van der Waals surface area contributed by atoms with Crippen LogP contribution < -0.4 is 0 Å². The summed E-state index contributed by atoms with van der Waals surface area (Å²) >= 11 is 3.55. The number of halogens is 1. The Morgan fingerprint density at radius 3 is 2.47 bits per heavy atom. The van der Waals surface area contributed by atoms with E-state index >= 15 is 0 Å². The molecule has 0 radical (unpaired) electrons. The summed E-state index contributed by atoms with van der Waals surface area (Å²) in [5.41, 5.74) is 2.01. The predicted molar refractivity (Wildman–Crippen MR) is 77.1 cm³/mol. The van der Waals surface area contributed by atoms with Crippen LogP contribution in [0.25, 0.3) is 0 Å². The Morgan fingerprint density at radius 1 is 1.29 bits per heavy atom. The summed E-state index contributed by atoms with van der Waals surface area (Å²) in [6.07, 6.45) is 2.62. The van der Waals surface area contributed by atoms with Gasteiger partial charge in [0.25, 0.3) is 0 Å². The second-order valence-corrected chi connectivity index (χ2v) is 6.26. The molecule has 1 atom stereocenters. The van der Waals surface area contributed by atoms with Crippen LogP contribution in [0.2, 0.25) is 0 Å². The Hall–Kier alpha value is -0.340. The summed E-state index contributed by atoms with van der Waals surface area (Å²) in [5.74, 6) is 0. The summed E-state index contributed by atoms with van der Waals surface area (Å²) < 4.78 is 1.18. The van der Waals surface area contributed by atoms with Gasteiger partial charge in [-0.25, -0.2) is 0 Å². The average Bonchev–Trinajstić information content (AvgIpc) is 2.29. The van der Waals surface area contributed by atoms with Gasteiger partial charge in [0.05, 0.1) is 0 Å². The van der Waals surface area contributed by atoms with Crippen molar-refractivity contribution in [3.63, 3.8) is 0 Å². The average molecular weight is 296 g/mol. The molecule has 0 N–H and O–H groups in total. The number of hydrogen-bond acceptors (Lipinski definition) is 1. The van der Waals surface area contributed by atoms with Crippen molar-refractivity contribution < 1.29 is 0 Å². The first-order chi connectivity index (χ1) is 8.10. The van der Waals surface area contributed by atoms with Gasteiger partial charge in [-0.05, 0) is 42.9 Å². The fraction of sp³-hybridized carbons (Fsp3) is 0.600. The molecule has 1 fully saturated rings. The zero-order chi connectivity index (χ0) is 12.5. The molecule has 0 aromatic heterocycles. The van der Waals surface area contributed by atoms with Crippen LogP contribution in [0.5, 0.6) is 0 Å². The minimum absolute atomic E-state index is 0.540. The fourth-order valence-corrected chi connectivity index (χ4v) is 3.18. The van der Waals surface area contributed by atoms with Gasteiger partial charge in [0.15, 0.2) is 0 Å². The third kappa shape index (κ3) is 2.58. The van der Waals surface area contributed by atoms with Crippen molar-refractivity contribution in [2.45, 2.75) is 39.7 Å². The Balaban J connectivity index is 2.02. The molecule has 0 spiro atoms. The molecule has 0 aliphatic carbocycles. The maximum atomic E-state index is 3.55. The molecule has 1 nitrogen and oxygen atoms in total. The largest absolute Gasteiger partial charge is 0.295 e. The van der Waals surface area contributed by atoms with Gasteiger partial charge in [-0.3, -0.25) is 4.90 Å². The molecular formula is C15H22BrN. The molecule has 1 unspecified atom stereocenters. The molecule has 0 amide bonds. The van der Waals surface area contributed by atoms with Crippen LogP contribution >= 0.6 is 15.9 Å². The highest BCUT2D eigenvalue weighted by Gasteiger charge is 2.41. The molecular weight excluding hydrogens is 274 g/mol. The monoisotopic (exact) mass is 295 g/mol. The van der Waals surface area contributed by atoms with Crippen LogP contribution in [0.15, 0.2) is 28.7 Å². The van der Waals surface area contributed by atoms with Crippen molar-refractivity contribution in [2.75, 3.05) is 13.1 Å². The van der Waals surface area contributed by atoms with Gasteiger partial charge in [0.1, 0.15) is 0 Å². The lowest BCUT2D eigenvalue weighted by Crippen LogP contribution is -2.56. The SMILES string of the molecule is CCC1(CC)CN(C(C)c2cccc(Br)c2)C1. The van der Waals surface area contributed by atoms with Crippen molar-refractivity contribution in [1.29, 1.82) is 0 Å². The summed E-state index contributed by atoms with van der Waals surface area (Å²) in [6.45, 7) is 9.48. The minimum Gasteiger partial charge on any atom is -0.295 e. The first-order valence-corrected chi connectivity index (χ1v) is 7.39. The molecule has 1 aliphatic heterocycles. The third-order valence-electron chi connectivity index (χ3n) is 4.46. The number of benzene rings is 1. The van der Waals surface area contributed by atoms with E-state index < -0.39 is 0 Å². The minimum atomic E-state index is 0.540. The van der Waals surface area contributed by atoms with Gasteiger partial charge < -0.3 is 0 Å². The Morgan fingerprint density at radius 2 is 1.94 bits per heavy atom. The zero-order valence-electron chi connectivity index (χ0n) is 11.0. The molecule has 17 heavy (non-hydrogen) atoms. The standard InChI is InChI=1S/C15H22BrN/c1-4-15(5-2)10-17(11-15)12(3)13-7-6-8-14(16)9-13/h6-9,12H,4-5,10-11H2,1-3H3. The molecule has 1 aliphatic rings. The topological polar surface area (TPSA) is 3.24 Å². The second kappa shape index (κ2) is 5.11. The zero-order valence-corrected chi connectivity index (χ0v) is 12.6. The van der Waals surface area contributed by atoms with Gasteiger partial charge in [-0.15, -0.1) is 0 Å². The summed E-state index contributed by atoms with van der Waals surface area (Å²) in [4.78, 5) is 2.59. The van der Waals surface area contributed by atoms with Crippen LogP contribution in [0.3, 0.4) is 0 Å². The normalized spacial score (nSPS) is 20.9. The van der Waals surface area contributed by atoms with Crippen LogP contribution in [0.4, 0.5) is 0 Å².